The molecule has 2 rings (SSSR count). The first kappa shape index (κ1) is 13.1. The molecular formula is C14H24N4. The van der Waals surface area contributed by atoms with Gasteiger partial charge in [-0.3, -0.25) is 0 Å². The van der Waals surface area contributed by atoms with E-state index >= 15 is 0 Å². The second-order valence-corrected chi connectivity index (χ2v) is 5.08. The van der Waals surface area contributed by atoms with E-state index in [1.54, 1.807) is 0 Å². The molecule has 1 aliphatic rings. The zero-order valence-electron chi connectivity index (χ0n) is 11.9. The number of rotatable bonds is 6. The van der Waals surface area contributed by atoms with Crippen LogP contribution >= 0.6 is 0 Å². The molecule has 0 radical (unpaired) electrons. The number of anilines is 2. The summed E-state index contributed by atoms with van der Waals surface area (Å²) in [5, 5.41) is 3.14. The lowest BCUT2D eigenvalue weighted by atomic mass is 10.1. The van der Waals surface area contributed by atoms with Crippen LogP contribution in [0.4, 0.5) is 11.6 Å². The molecule has 18 heavy (non-hydrogen) atoms. The van der Waals surface area contributed by atoms with E-state index < -0.39 is 0 Å². The first-order chi connectivity index (χ1) is 8.69. The Bertz CT molecular complexity index is 397. The van der Waals surface area contributed by atoms with E-state index in [0.29, 0.717) is 12.0 Å². The molecule has 0 saturated heterocycles. The van der Waals surface area contributed by atoms with Crippen molar-refractivity contribution in [2.24, 2.45) is 0 Å². The summed E-state index contributed by atoms with van der Waals surface area (Å²) >= 11 is 0. The molecule has 0 spiro atoms. The highest BCUT2D eigenvalue weighted by atomic mass is 15.2. The van der Waals surface area contributed by atoms with Gasteiger partial charge in [0.1, 0.15) is 17.5 Å². The molecule has 1 saturated carbocycles. The van der Waals surface area contributed by atoms with Crippen LogP contribution in [-0.2, 0) is 0 Å². The molecule has 1 aromatic heterocycles. The van der Waals surface area contributed by atoms with Gasteiger partial charge in [-0.05, 0) is 25.7 Å². The minimum absolute atomic E-state index is 0.552. The van der Waals surface area contributed by atoms with Crippen LogP contribution in [0.15, 0.2) is 6.07 Å². The van der Waals surface area contributed by atoms with E-state index in [0.717, 1.165) is 30.3 Å². The Morgan fingerprint density at radius 3 is 2.50 bits per heavy atom. The number of nitrogens with zero attached hydrogens (tertiary/aromatic N) is 3. The highest BCUT2D eigenvalue weighted by Gasteiger charge is 2.28. The van der Waals surface area contributed by atoms with Crippen LogP contribution in [0.1, 0.15) is 51.3 Å². The van der Waals surface area contributed by atoms with Crippen molar-refractivity contribution in [1.29, 1.82) is 0 Å². The molecule has 0 unspecified atom stereocenters. The number of hydrogen-bond acceptors (Lipinski definition) is 4. The molecule has 1 aliphatic carbocycles. The second kappa shape index (κ2) is 5.55. The number of nitrogens with one attached hydrogen (secondary N) is 1. The van der Waals surface area contributed by atoms with Gasteiger partial charge in [0.2, 0.25) is 0 Å². The standard InChI is InChI=1S/C14H24N4/c1-5-11(6-2)18(4)13-9-12(15-3)16-14(17-13)10-7-8-10/h9-11H,5-8H2,1-4H3,(H,15,16,17). The van der Waals surface area contributed by atoms with E-state index in [9.17, 15) is 0 Å². The topological polar surface area (TPSA) is 41.0 Å². The van der Waals surface area contributed by atoms with Gasteiger partial charge < -0.3 is 10.2 Å². The van der Waals surface area contributed by atoms with Crippen molar-refractivity contribution < 1.29 is 0 Å². The lowest BCUT2D eigenvalue weighted by Gasteiger charge is -2.27. The minimum Gasteiger partial charge on any atom is -0.373 e. The van der Waals surface area contributed by atoms with Gasteiger partial charge in [-0.2, -0.15) is 0 Å². The normalized spacial score (nSPS) is 14.9. The minimum atomic E-state index is 0.552. The summed E-state index contributed by atoms with van der Waals surface area (Å²) in [7, 11) is 4.05. The van der Waals surface area contributed by atoms with Crippen molar-refractivity contribution >= 4 is 11.6 Å². The Hall–Kier alpha value is -1.32. The Balaban J connectivity index is 2.27. The predicted octanol–water partition coefficient (Wildman–Crippen LogP) is 3.02. The Labute approximate surface area is 110 Å². The van der Waals surface area contributed by atoms with Crippen LogP contribution in [0, 0.1) is 0 Å². The largest absolute Gasteiger partial charge is 0.373 e. The van der Waals surface area contributed by atoms with Crippen molar-refractivity contribution in [2.45, 2.75) is 51.5 Å². The van der Waals surface area contributed by atoms with Crippen LogP contribution in [0.2, 0.25) is 0 Å². The highest BCUT2D eigenvalue weighted by molar-refractivity contribution is 5.49. The van der Waals surface area contributed by atoms with Gasteiger partial charge in [-0.1, -0.05) is 13.8 Å². The Morgan fingerprint density at radius 2 is 2.00 bits per heavy atom. The summed E-state index contributed by atoms with van der Waals surface area (Å²) in [6, 6.07) is 2.60. The molecule has 1 heterocycles. The summed E-state index contributed by atoms with van der Waals surface area (Å²) in [5.41, 5.74) is 0. The maximum atomic E-state index is 4.73. The molecule has 0 aliphatic heterocycles. The molecule has 4 heteroatoms. The molecule has 0 aromatic carbocycles. The monoisotopic (exact) mass is 248 g/mol. The van der Waals surface area contributed by atoms with Crippen molar-refractivity contribution in [3.8, 4) is 0 Å². The smallest absolute Gasteiger partial charge is 0.136 e. The first-order valence-corrected chi connectivity index (χ1v) is 6.99. The number of aromatic nitrogens is 2. The third kappa shape index (κ3) is 2.74. The van der Waals surface area contributed by atoms with Gasteiger partial charge in [0.25, 0.3) is 0 Å². The van der Waals surface area contributed by atoms with E-state index in [-0.39, 0.29) is 0 Å². The first-order valence-electron chi connectivity index (χ1n) is 6.99. The average Bonchev–Trinajstić information content (AvgIpc) is 3.23. The molecule has 100 valence electrons. The summed E-state index contributed by atoms with van der Waals surface area (Å²) < 4.78 is 0. The van der Waals surface area contributed by atoms with E-state index in [1.807, 2.05) is 13.1 Å². The van der Waals surface area contributed by atoms with Crippen molar-refractivity contribution in [1.82, 2.24) is 9.97 Å². The fourth-order valence-corrected chi connectivity index (χ4v) is 2.31. The zero-order valence-corrected chi connectivity index (χ0v) is 11.9. The van der Waals surface area contributed by atoms with Crippen molar-refractivity contribution in [3.63, 3.8) is 0 Å². The molecule has 1 N–H and O–H groups in total. The maximum absolute atomic E-state index is 4.73. The molecule has 0 atom stereocenters. The molecule has 1 aromatic rings. The number of hydrogen-bond donors (Lipinski definition) is 1. The van der Waals surface area contributed by atoms with Crippen LogP contribution in [0.25, 0.3) is 0 Å². The Morgan fingerprint density at radius 1 is 1.33 bits per heavy atom. The quantitative estimate of drug-likeness (QED) is 0.840. The lowest BCUT2D eigenvalue weighted by Crippen LogP contribution is -2.31. The van der Waals surface area contributed by atoms with E-state index in [1.165, 1.54) is 12.8 Å². The molecular weight excluding hydrogens is 224 g/mol. The van der Waals surface area contributed by atoms with Gasteiger partial charge >= 0.3 is 0 Å². The molecule has 0 bridgehead atoms. The second-order valence-electron chi connectivity index (χ2n) is 5.08. The van der Waals surface area contributed by atoms with Crippen LogP contribution in [0.5, 0.6) is 0 Å². The summed E-state index contributed by atoms with van der Waals surface area (Å²) in [4.78, 5) is 11.6. The van der Waals surface area contributed by atoms with E-state index in [2.05, 4.69) is 36.1 Å². The summed E-state index contributed by atoms with van der Waals surface area (Å²) in [5.74, 6) is 3.58. The molecule has 1 fully saturated rings. The lowest BCUT2D eigenvalue weighted by molar-refractivity contribution is 0.585. The van der Waals surface area contributed by atoms with Crippen molar-refractivity contribution in [2.75, 3.05) is 24.3 Å². The zero-order chi connectivity index (χ0) is 13.1. The average molecular weight is 248 g/mol. The van der Waals surface area contributed by atoms with Gasteiger partial charge in [0, 0.05) is 32.1 Å². The predicted molar refractivity (Wildman–Crippen MR) is 76.3 cm³/mol. The van der Waals surface area contributed by atoms with Crippen LogP contribution in [0.3, 0.4) is 0 Å². The molecule has 4 nitrogen and oxygen atoms in total. The van der Waals surface area contributed by atoms with E-state index in [4.69, 9.17) is 4.98 Å². The van der Waals surface area contributed by atoms with Crippen LogP contribution in [-0.4, -0.2) is 30.1 Å². The van der Waals surface area contributed by atoms with Gasteiger partial charge in [0.05, 0.1) is 0 Å². The Kier molecular flexibility index (Phi) is 4.04. The third-order valence-corrected chi connectivity index (χ3v) is 3.78. The maximum Gasteiger partial charge on any atom is 0.136 e. The van der Waals surface area contributed by atoms with Gasteiger partial charge in [-0.25, -0.2) is 9.97 Å². The molecule has 0 amide bonds. The fraction of sp³-hybridized carbons (Fsp3) is 0.714. The third-order valence-electron chi connectivity index (χ3n) is 3.78. The van der Waals surface area contributed by atoms with Crippen LogP contribution < -0.4 is 10.2 Å². The van der Waals surface area contributed by atoms with Gasteiger partial charge in [0.15, 0.2) is 0 Å². The van der Waals surface area contributed by atoms with Gasteiger partial charge in [-0.15, -0.1) is 0 Å². The summed E-state index contributed by atoms with van der Waals surface area (Å²) in [6.45, 7) is 4.46. The highest BCUT2D eigenvalue weighted by Crippen LogP contribution is 2.39. The summed E-state index contributed by atoms with van der Waals surface area (Å²) in [6.07, 6.45) is 4.76. The van der Waals surface area contributed by atoms with Crippen molar-refractivity contribution in [3.05, 3.63) is 11.9 Å². The SMILES string of the molecule is CCC(CC)N(C)c1cc(NC)nc(C2CC2)n1. The fourth-order valence-electron chi connectivity index (χ4n) is 2.31.